The number of anilines is 2. The molecule has 0 radical (unpaired) electrons. The third-order valence-electron chi connectivity index (χ3n) is 4.63. The molecule has 3 aromatic rings. The summed E-state index contributed by atoms with van der Waals surface area (Å²) in [5, 5.41) is 7.22. The molecule has 1 atom stereocenters. The molecule has 1 saturated heterocycles. The van der Waals surface area contributed by atoms with Crippen LogP contribution >= 0.6 is 0 Å². The average molecular weight is 376 g/mol. The van der Waals surface area contributed by atoms with Gasteiger partial charge in [-0.05, 0) is 31.1 Å². The van der Waals surface area contributed by atoms with Crippen molar-refractivity contribution < 1.29 is 4.79 Å². The van der Waals surface area contributed by atoms with E-state index in [1.165, 1.54) is 0 Å². The second kappa shape index (κ2) is 7.95. The van der Waals surface area contributed by atoms with Crippen molar-refractivity contribution in [3.63, 3.8) is 0 Å². The topological polar surface area (TPSA) is 102 Å². The Kier molecular flexibility index (Phi) is 5.05. The Balaban J connectivity index is 1.56. The van der Waals surface area contributed by atoms with Crippen molar-refractivity contribution in [1.82, 2.24) is 34.6 Å². The van der Waals surface area contributed by atoms with Crippen LogP contribution < -0.4 is 5.32 Å². The fourth-order valence-electron chi connectivity index (χ4n) is 3.27. The smallest absolute Gasteiger partial charge is 0.247 e. The minimum absolute atomic E-state index is 0.0590. The van der Waals surface area contributed by atoms with Crippen LogP contribution in [0, 0.1) is 0 Å². The van der Waals surface area contributed by atoms with Crippen molar-refractivity contribution in [3.8, 4) is 0 Å². The van der Waals surface area contributed by atoms with Gasteiger partial charge >= 0.3 is 0 Å². The molecule has 0 aromatic carbocycles. The van der Waals surface area contributed by atoms with Crippen LogP contribution in [0.2, 0.25) is 0 Å². The van der Waals surface area contributed by atoms with Gasteiger partial charge in [0, 0.05) is 50.7 Å². The summed E-state index contributed by atoms with van der Waals surface area (Å²) in [4.78, 5) is 31.9. The van der Waals surface area contributed by atoms with Crippen LogP contribution in [0.15, 0.2) is 49.2 Å². The monoisotopic (exact) mass is 376 g/mol. The van der Waals surface area contributed by atoms with Crippen LogP contribution in [0.1, 0.15) is 30.3 Å². The lowest BCUT2D eigenvalue weighted by molar-refractivity contribution is -0.126. The first-order valence-corrected chi connectivity index (χ1v) is 9.04. The summed E-state index contributed by atoms with van der Waals surface area (Å²) in [6.45, 7) is 0.678. The highest BCUT2D eigenvalue weighted by Crippen LogP contribution is 2.34. The van der Waals surface area contributed by atoms with Gasteiger partial charge in [-0.15, -0.1) is 0 Å². The van der Waals surface area contributed by atoms with Gasteiger partial charge in [0.15, 0.2) is 5.82 Å². The summed E-state index contributed by atoms with van der Waals surface area (Å²) in [5.41, 5.74) is 1.59. The molecule has 1 unspecified atom stereocenters. The second-order valence-corrected chi connectivity index (χ2v) is 6.39. The zero-order valence-electron chi connectivity index (χ0n) is 15.4. The van der Waals surface area contributed by atoms with Crippen molar-refractivity contribution in [2.24, 2.45) is 7.05 Å². The van der Waals surface area contributed by atoms with E-state index in [1.807, 2.05) is 18.0 Å². The molecule has 1 fully saturated rings. The number of hydrogen-bond donors (Lipinski definition) is 1. The van der Waals surface area contributed by atoms with Crippen LogP contribution in [0.3, 0.4) is 0 Å². The molecule has 0 aliphatic carbocycles. The highest BCUT2D eigenvalue weighted by atomic mass is 16.2. The molecule has 1 amide bonds. The molecule has 28 heavy (non-hydrogen) atoms. The Labute approximate surface area is 162 Å². The van der Waals surface area contributed by atoms with E-state index in [1.54, 1.807) is 53.9 Å². The van der Waals surface area contributed by atoms with Gasteiger partial charge in [-0.2, -0.15) is 5.10 Å². The summed E-state index contributed by atoms with van der Waals surface area (Å²) in [5.74, 6) is 0.946. The summed E-state index contributed by atoms with van der Waals surface area (Å²) in [6, 6.07) is 3.45. The summed E-state index contributed by atoms with van der Waals surface area (Å²) >= 11 is 0. The molecule has 1 aliphatic rings. The number of aryl methyl sites for hydroxylation is 1. The number of nitrogens with zero attached hydrogens (tertiary/aromatic N) is 7. The number of carbonyl (C=O) groups is 1. The quantitative estimate of drug-likeness (QED) is 0.681. The van der Waals surface area contributed by atoms with Gasteiger partial charge in [0.2, 0.25) is 11.9 Å². The lowest BCUT2D eigenvalue weighted by Gasteiger charge is -2.24. The first-order chi connectivity index (χ1) is 13.7. The minimum atomic E-state index is -0.149. The molecule has 9 nitrogen and oxygen atoms in total. The van der Waals surface area contributed by atoms with E-state index in [4.69, 9.17) is 0 Å². The molecule has 0 bridgehead atoms. The van der Waals surface area contributed by atoms with Crippen molar-refractivity contribution in [3.05, 3.63) is 60.6 Å². The minimum Gasteiger partial charge on any atom is -0.330 e. The van der Waals surface area contributed by atoms with Crippen molar-refractivity contribution >= 4 is 23.7 Å². The largest absolute Gasteiger partial charge is 0.330 e. The SMILES string of the molecule is Cn1nccc1/C=C/C(=O)N1CCCC1c1nccnc1Nc1ncccn1. The molecule has 1 aliphatic heterocycles. The normalized spacial score (nSPS) is 16.6. The van der Waals surface area contributed by atoms with E-state index >= 15 is 0 Å². The molecule has 9 heteroatoms. The van der Waals surface area contributed by atoms with Gasteiger partial charge in [0.25, 0.3) is 0 Å². The lowest BCUT2D eigenvalue weighted by atomic mass is 10.1. The number of nitrogens with one attached hydrogen (secondary N) is 1. The molecule has 1 N–H and O–H groups in total. The number of rotatable bonds is 5. The predicted molar refractivity (Wildman–Crippen MR) is 103 cm³/mol. The maximum absolute atomic E-state index is 12.8. The third kappa shape index (κ3) is 3.73. The number of likely N-dealkylation sites (tertiary alicyclic amines) is 1. The molecular formula is C19H20N8O. The summed E-state index contributed by atoms with van der Waals surface area (Å²) in [7, 11) is 1.84. The predicted octanol–water partition coefficient (Wildman–Crippen LogP) is 2.12. The number of hydrogen-bond acceptors (Lipinski definition) is 7. The second-order valence-electron chi connectivity index (χ2n) is 6.39. The fourth-order valence-corrected chi connectivity index (χ4v) is 3.27. The van der Waals surface area contributed by atoms with E-state index in [0.717, 1.165) is 24.2 Å². The maximum Gasteiger partial charge on any atom is 0.247 e. The Morgan fingerprint density at radius 2 is 1.96 bits per heavy atom. The zero-order chi connectivity index (χ0) is 19.3. The molecule has 3 aromatic heterocycles. The van der Waals surface area contributed by atoms with Crippen molar-refractivity contribution in [2.45, 2.75) is 18.9 Å². The van der Waals surface area contributed by atoms with Crippen molar-refractivity contribution in [1.29, 1.82) is 0 Å². The highest BCUT2D eigenvalue weighted by Gasteiger charge is 2.32. The third-order valence-corrected chi connectivity index (χ3v) is 4.63. The van der Waals surface area contributed by atoms with E-state index in [9.17, 15) is 4.79 Å². The lowest BCUT2D eigenvalue weighted by Crippen LogP contribution is -2.30. The molecule has 142 valence electrons. The summed E-state index contributed by atoms with van der Waals surface area (Å²) in [6.07, 6.45) is 13.3. The van der Waals surface area contributed by atoms with Crippen LogP contribution in [0.4, 0.5) is 11.8 Å². The van der Waals surface area contributed by atoms with E-state index in [0.29, 0.717) is 18.3 Å². The Morgan fingerprint density at radius 1 is 1.14 bits per heavy atom. The van der Waals surface area contributed by atoms with Gasteiger partial charge in [0.05, 0.1) is 11.7 Å². The molecular weight excluding hydrogens is 356 g/mol. The summed E-state index contributed by atoms with van der Waals surface area (Å²) < 4.78 is 1.72. The Hall–Kier alpha value is -3.62. The maximum atomic E-state index is 12.8. The standard InChI is InChI=1S/C19H20N8O/c1-26-14(7-10-24-26)5-6-16(28)27-13-2-4-15(27)17-18(21-12-11-20-17)25-19-22-8-3-9-23-19/h3,5-12,15H,2,4,13H2,1H3,(H,21,22,23,25)/b6-5+. The van der Waals surface area contributed by atoms with Crippen LogP contribution in [0.25, 0.3) is 6.08 Å². The van der Waals surface area contributed by atoms with Crippen molar-refractivity contribution in [2.75, 3.05) is 11.9 Å². The van der Waals surface area contributed by atoms with E-state index in [-0.39, 0.29) is 11.9 Å². The molecule has 4 rings (SSSR count). The van der Waals surface area contributed by atoms with Crippen LogP contribution in [0.5, 0.6) is 0 Å². The first kappa shape index (κ1) is 17.8. The molecule has 0 spiro atoms. The Bertz CT molecular complexity index is 984. The zero-order valence-corrected chi connectivity index (χ0v) is 15.4. The first-order valence-electron chi connectivity index (χ1n) is 9.04. The molecule has 0 saturated carbocycles. The van der Waals surface area contributed by atoms with E-state index < -0.39 is 0 Å². The Morgan fingerprint density at radius 3 is 2.75 bits per heavy atom. The van der Waals surface area contributed by atoms with Gasteiger partial charge < -0.3 is 10.2 Å². The number of carbonyl (C=O) groups excluding carboxylic acids is 1. The van der Waals surface area contributed by atoms with Gasteiger partial charge in [-0.3, -0.25) is 14.5 Å². The highest BCUT2D eigenvalue weighted by molar-refractivity contribution is 5.92. The van der Waals surface area contributed by atoms with Crippen LogP contribution in [-0.4, -0.2) is 47.1 Å². The van der Waals surface area contributed by atoms with E-state index in [2.05, 4.69) is 30.4 Å². The number of aromatic nitrogens is 6. The average Bonchev–Trinajstić information content (AvgIpc) is 3.36. The number of amides is 1. The van der Waals surface area contributed by atoms with Crippen LogP contribution in [-0.2, 0) is 11.8 Å². The molecule has 4 heterocycles. The van der Waals surface area contributed by atoms with Gasteiger partial charge in [0.1, 0.15) is 5.69 Å². The van der Waals surface area contributed by atoms with Gasteiger partial charge in [-0.1, -0.05) is 0 Å². The fraction of sp³-hybridized carbons (Fsp3) is 0.263. The van der Waals surface area contributed by atoms with Gasteiger partial charge in [-0.25, -0.2) is 15.0 Å².